The van der Waals surface area contributed by atoms with Gasteiger partial charge in [-0.1, -0.05) is 32.0 Å². The largest absolute Gasteiger partial charge is 0.496 e. The van der Waals surface area contributed by atoms with Gasteiger partial charge in [-0.3, -0.25) is 14.4 Å². The molecule has 1 aromatic carbocycles. The van der Waals surface area contributed by atoms with Crippen LogP contribution in [0.15, 0.2) is 29.4 Å². The summed E-state index contributed by atoms with van der Waals surface area (Å²) in [6.45, 7) is 6.16. The highest BCUT2D eigenvalue weighted by Gasteiger charge is 2.13. The molecule has 142 valence electrons. The van der Waals surface area contributed by atoms with Crippen molar-refractivity contribution in [2.45, 2.75) is 33.7 Å². The lowest BCUT2D eigenvalue weighted by Gasteiger charge is -2.09. The van der Waals surface area contributed by atoms with Crippen molar-refractivity contribution >= 4 is 23.4 Å². The van der Waals surface area contributed by atoms with Crippen LogP contribution in [0.3, 0.4) is 0 Å². The van der Waals surface area contributed by atoms with Gasteiger partial charge in [0.15, 0.2) is 0 Å². The zero-order valence-electron chi connectivity index (χ0n) is 15.6. The van der Waals surface area contributed by atoms with Gasteiger partial charge in [-0.25, -0.2) is 5.43 Å². The molecule has 0 fully saturated rings. The van der Waals surface area contributed by atoms with Crippen LogP contribution < -0.4 is 20.8 Å². The molecule has 0 bridgehead atoms. The summed E-state index contributed by atoms with van der Waals surface area (Å²) < 4.78 is 5.22. The minimum absolute atomic E-state index is 0.00302. The number of hydrazone groups is 1. The third-order valence-corrected chi connectivity index (χ3v) is 3.31. The van der Waals surface area contributed by atoms with Gasteiger partial charge >= 0.3 is 11.8 Å². The molecule has 8 nitrogen and oxygen atoms in total. The van der Waals surface area contributed by atoms with E-state index in [1.165, 1.54) is 0 Å². The number of carbonyl (C=O) groups is 3. The lowest BCUT2D eigenvalue weighted by Crippen LogP contribution is -2.39. The zero-order chi connectivity index (χ0) is 19.5. The Morgan fingerprint density at radius 2 is 1.81 bits per heavy atom. The summed E-state index contributed by atoms with van der Waals surface area (Å²) in [6.07, 6.45) is 0.00302. The lowest BCUT2D eigenvalue weighted by molar-refractivity contribution is -0.139. The molecule has 0 saturated carbocycles. The maximum absolute atomic E-state index is 12.0. The van der Waals surface area contributed by atoms with E-state index >= 15 is 0 Å². The van der Waals surface area contributed by atoms with E-state index in [4.69, 9.17) is 4.74 Å². The Balaban J connectivity index is 2.42. The molecule has 0 atom stereocenters. The van der Waals surface area contributed by atoms with Gasteiger partial charge in [0, 0.05) is 24.4 Å². The van der Waals surface area contributed by atoms with Crippen molar-refractivity contribution in [3.63, 3.8) is 0 Å². The molecule has 0 aliphatic rings. The van der Waals surface area contributed by atoms with E-state index in [0.29, 0.717) is 24.6 Å². The third kappa shape index (κ3) is 7.78. The standard InChI is InChI=1S/C18H26N4O4/c1-12(2)10-20-17(24)18(25)22-21-13(3)9-16(23)19-11-14-7-5-6-8-15(14)26-4/h5-8,12H,9-11H2,1-4H3,(H,19,23)(H,20,24)(H,22,25)/b21-13-. The minimum atomic E-state index is -0.862. The second-order valence-electron chi connectivity index (χ2n) is 6.16. The number of ether oxygens (including phenoxy) is 1. The number of nitrogens with one attached hydrogen (secondary N) is 3. The van der Waals surface area contributed by atoms with E-state index in [2.05, 4.69) is 21.2 Å². The molecule has 0 saturated heterocycles. The Morgan fingerprint density at radius 3 is 2.46 bits per heavy atom. The number of benzene rings is 1. The SMILES string of the molecule is COc1ccccc1CNC(=O)C/C(C)=N\NC(=O)C(=O)NCC(C)C. The molecule has 26 heavy (non-hydrogen) atoms. The van der Waals surface area contributed by atoms with Crippen LogP contribution in [0.1, 0.15) is 32.8 Å². The highest BCUT2D eigenvalue weighted by molar-refractivity contribution is 6.35. The molecule has 1 rings (SSSR count). The van der Waals surface area contributed by atoms with Crippen LogP contribution in [0.25, 0.3) is 0 Å². The molecular formula is C18H26N4O4. The van der Waals surface area contributed by atoms with Crippen molar-refractivity contribution in [1.29, 1.82) is 0 Å². The second kappa shape index (κ2) is 10.9. The fourth-order valence-electron chi connectivity index (χ4n) is 1.95. The number of amides is 3. The van der Waals surface area contributed by atoms with Crippen molar-refractivity contribution in [3.05, 3.63) is 29.8 Å². The summed E-state index contributed by atoms with van der Waals surface area (Å²) >= 11 is 0. The molecule has 0 unspecified atom stereocenters. The fraction of sp³-hybridized carbons (Fsp3) is 0.444. The summed E-state index contributed by atoms with van der Waals surface area (Å²) in [6, 6.07) is 7.38. The molecule has 8 heteroatoms. The molecule has 0 radical (unpaired) electrons. The van der Waals surface area contributed by atoms with E-state index in [9.17, 15) is 14.4 Å². The molecule has 3 amide bonds. The number of hydrogen-bond acceptors (Lipinski definition) is 5. The van der Waals surface area contributed by atoms with Crippen LogP contribution in [0.2, 0.25) is 0 Å². The van der Waals surface area contributed by atoms with Gasteiger partial charge in [0.2, 0.25) is 5.91 Å². The van der Waals surface area contributed by atoms with Crippen LogP contribution in [0.4, 0.5) is 0 Å². The first kappa shape index (κ1) is 21.1. The van der Waals surface area contributed by atoms with Crippen LogP contribution in [0, 0.1) is 5.92 Å². The summed E-state index contributed by atoms with van der Waals surface area (Å²) in [5.41, 5.74) is 3.38. The van der Waals surface area contributed by atoms with Gasteiger partial charge in [0.25, 0.3) is 0 Å². The molecule has 1 aromatic rings. The Hall–Kier alpha value is -2.90. The number of para-hydroxylation sites is 1. The first-order valence-corrected chi connectivity index (χ1v) is 8.33. The molecule has 0 heterocycles. The van der Waals surface area contributed by atoms with Crippen LogP contribution >= 0.6 is 0 Å². The van der Waals surface area contributed by atoms with E-state index in [1.54, 1.807) is 14.0 Å². The summed E-state index contributed by atoms with van der Waals surface area (Å²) in [4.78, 5) is 35.1. The summed E-state index contributed by atoms with van der Waals surface area (Å²) in [5.74, 6) is -0.937. The van der Waals surface area contributed by atoms with Gasteiger partial charge in [0.05, 0.1) is 13.5 Å². The normalized spacial score (nSPS) is 11.0. The van der Waals surface area contributed by atoms with E-state index in [0.717, 1.165) is 5.56 Å². The van der Waals surface area contributed by atoms with Gasteiger partial charge in [0.1, 0.15) is 5.75 Å². The Morgan fingerprint density at radius 1 is 1.12 bits per heavy atom. The number of carbonyl (C=O) groups excluding carboxylic acids is 3. The first-order chi connectivity index (χ1) is 12.3. The van der Waals surface area contributed by atoms with Crippen molar-refractivity contribution in [3.8, 4) is 5.75 Å². The molecule has 0 aliphatic heterocycles. The number of nitrogens with zero attached hydrogens (tertiary/aromatic N) is 1. The van der Waals surface area contributed by atoms with Crippen molar-refractivity contribution in [1.82, 2.24) is 16.1 Å². The average molecular weight is 362 g/mol. The molecular weight excluding hydrogens is 336 g/mol. The number of hydrogen-bond donors (Lipinski definition) is 3. The van der Waals surface area contributed by atoms with E-state index in [1.807, 2.05) is 38.1 Å². The smallest absolute Gasteiger partial charge is 0.329 e. The van der Waals surface area contributed by atoms with E-state index < -0.39 is 11.8 Å². The fourth-order valence-corrected chi connectivity index (χ4v) is 1.95. The maximum atomic E-state index is 12.0. The van der Waals surface area contributed by atoms with Crippen LogP contribution in [0.5, 0.6) is 5.75 Å². The van der Waals surface area contributed by atoms with Gasteiger partial charge < -0.3 is 15.4 Å². The van der Waals surface area contributed by atoms with Gasteiger partial charge in [-0.15, -0.1) is 0 Å². The van der Waals surface area contributed by atoms with Crippen molar-refractivity contribution in [2.75, 3.05) is 13.7 Å². The van der Waals surface area contributed by atoms with Crippen molar-refractivity contribution in [2.24, 2.45) is 11.0 Å². The molecule has 0 aliphatic carbocycles. The molecule has 3 N–H and O–H groups in total. The molecule has 0 spiro atoms. The topological polar surface area (TPSA) is 109 Å². The average Bonchev–Trinajstić information content (AvgIpc) is 2.62. The van der Waals surface area contributed by atoms with E-state index in [-0.39, 0.29) is 18.2 Å². The predicted octanol–water partition coefficient (Wildman–Crippen LogP) is 0.966. The van der Waals surface area contributed by atoms with Gasteiger partial charge in [-0.2, -0.15) is 5.10 Å². The zero-order valence-corrected chi connectivity index (χ0v) is 15.6. The summed E-state index contributed by atoms with van der Waals surface area (Å²) in [5, 5.41) is 9.01. The predicted molar refractivity (Wildman–Crippen MR) is 98.6 cm³/mol. The lowest BCUT2D eigenvalue weighted by atomic mass is 10.2. The number of methoxy groups -OCH3 is 1. The number of rotatable bonds is 8. The third-order valence-electron chi connectivity index (χ3n) is 3.31. The second-order valence-corrected chi connectivity index (χ2v) is 6.16. The maximum Gasteiger partial charge on any atom is 0.329 e. The minimum Gasteiger partial charge on any atom is -0.496 e. The monoisotopic (exact) mass is 362 g/mol. The molecule has 0 aromatic heterocycles. The van der Waals surface area contributed by atoms with Crippen molar-refractivity contribution < 1.29 is 19.1 Å². The Bertz CT molecular complexity index is 671. The van der Waals surface area contributed by atoms with Gasteiger partial charge in [-0.05, 0) is 18.9 Å². The highest BCUT2D eigenvalue weighted by atomic mass is 16.5. The van der Waals surface area contributed by atoms with Crippen LogP contribution in [-0.4, -0.2) is 37.1 Å². The first-order valence-electron chi connectivity index (χ1n) is 8.33. The Labute approximate surface area is 153 Å². The quantitative estimate of drug-likeness (QED) is 0.364. The summed E-state index contributed by atoms with van der Waals surface area (Å²) in [7, 11) is 1.57. The Kier molecular flexibility index (Phi) is 8.83. The highest BCUT2D eigenvalue weighted by Crippen LogP contribution is 2.16. The van der Waals surface area contributed by atoms with Crippen LogP contribution in [-0.2, 0) is 20.9 Å².